The second-order valence-electron chi connectivity index (χ2n) is 5.99. The van der Waals surface area contributed by atoms with E-state index in [0.29, 0.717) is 41.7 Å². The fraction of sp³-hybridized carbons (Fsp3) is 0.300. The second-order valence-corrected chi connectivity index (χ2v) is 6.78. The molecule has 0 heterocycles. The number of nitrogens with one attached hydrogen (secondary N) is 1. The summed E-state index contributed by atoms with van der Waals surface area (Å²) < 4.78 is 0. The first kappa shape index (κ1) is 20.3. The lowest BCUT2D eigenvalue weighted by atomic mass is 10.1. The number of hydrogen-bond acceptors (Lipinski definition) is 2. The summed E-state index contributed by atoms with van der Waals surface area (Å²) in [6, 6.07) is 12.9. The minimum Gasteiger partial charge on any atom is -0.339 e. The normalized spacial score (nSPS) is 10.5. The van der Waals surface area contributed by atoms with Gasteiger partial charge >= 0.3 is 0 Å². The number of hydrogen-bond donors (Lipinski definition) is 1. The van der Waals surface area contributed by atoms with Crippen LogP contribution in [0.15, 0.2) is 42.5 Å². The highest BCUT2D eigenvalue weighted by atomic mass is 35.5. The summed E-state index contributed by atoms with van der Waals surface area (Å²) in [5, 5.41) is 3.87. The van der Waals surface area contributed by atoms with E-state index < -0.39 is 0 Å². The van der Waals surface area contributed by atoms with E-state index >= 15 is 0 Å². The Morgan fingerprint density at radius 3 is 2.54 bits per heavy atom. The lowest BCUT2D eigenvalue weighted by molar-refractivity contribution is -0.129. The molecule has 0 aliphatic heterocycles. The van der Waals surface area contributed by atoms with E-state index in [4.69, 9.17) is 23.2 Å². The Kier molecular flexibility index (Phi) is 7.49. The largest absolute Gasteiger partial charge is 0.339 e. The molecule has 0 aliphatic carbocycles. The van der Waals surface area contributed by atoms with Crippen LogP contribution in [0, 0.1) is 0 Å². The number of rotatable bonds is 7. The molecule has 0 bridgehead atoms. The summed E-state index contributed by atoms with van der Waals surface area (Å²) in [6.07, 6.45) is 0.817. The van der Waals surface area contributed by atoms with Gasteiger partial charge in [-0.15, -0.1) is 0 Å². The quantitative estimate of drug-likeness (QED) is 0.725. The molecule has 4 nitrogen and oxygen atoms in total. The molecular weight excluding hydrogens is 371 g/mol. The highest BCUT2D eigenvalue weighted by molar-refractivity contribution is 6.42. The van der Waals surface area contributed by atoms with Gasteiger partial charge in [0.25, 0.3) is 0 Å². The van der Waals surface area contributed by atoms with Gasteiger partial charge in [0, 0.05) is 32.1 Å². The van der Waals surface area contributed by atoms with Crippen LogP contribution in [0.5, 0.6) is 0 Å². The van der Waals surface area contributed by atoms with Crippen LogP contribution in [-0.2, 0) is 22.6 Å². The maximum atomic E-state index is 12.2. The monoisotopic (exact) mass is 392 g/mol. The second kappa shape index (κ2) is 9.60. The van der Waals surface area contributed by atoms with Gasteiger partial charge < -0.3 is 10.2 Å². The van der Waals surface area contributed by atoms with Crippen molar-refractivity contribution in [2.45, 2.75) is 33.2 Å². The molecule has 6 heteroatoms. The first-order valence-electron chi connectivity index (χ1n) is 8.48. The average Bonchev–Trinajstić information content (AvgIpc) is 2.61. The van der Waals surface area contributed by atoms with Gasteiger partial charge in [-0.1, -0.05) is 47.5 Å². The van der Waals surface area contributed by atoms with Gasteiger partial charge in [-0.05, 0) is 42.7 Å². The Hall–Kier alpha value is -2.04. The average molecular weight is 393 g/mol. The number of halogens is 2. The van der Waals surface area contributed by atoms with Crippen LogP contribution in [0.25, 0.3) is 0 Å². The molecule has 0 unspecified atom stereocenters. The molecule has 26 heavy (non-hydrogen) atoms. The molecule has 0 saturated heterocycles. The molecule has 0 aliphatic rings. The summed E-state index contributed by atoms with van der Waals surface area (Å²) in [7, 11) is 0. The molecule has 0 aromatic heterocycles. The van der Waals surface area contributed by atoms with Gasteiger partial charge in [0.1, 0.15) is 0 Å². The molecule has 0 radical (unpaired) electrons. The fourth-order valence-corrected chi connectivity index (χ4v) is 3.04. The highest BCUT2D eigenvalue weighted by Crippen LogP contribution is 2.26. The summed E-state index contributed by atoms with van der Waals surface area (Å²) in [5.74, 6) is -0.0718. The third-order valence-corrected chi connectivity index (χ3v) is 4.92. The molecule has 2 aromatic rings. The highest BCUT2D eigenvalue weighted by Gasteiger charge is 2.10. The first-order chi connectivity index (χ1) is 12.4. The van der Waals surface area contributed by atoms with E-state index in [-0.39, 0.29) is 11.8 Å². The molecule has 0 spiro atoms. The van der Waals surface area contributed by atoms with Gasteiger partial charge in [-0.3, -0.25) is 9.59 Å². The van der Waals surface area contributed by atoms with E-state index in [1.165, 1.54) is 0 Å². The molecule has 2 amide bonds. The van der Waals surface area contributed by atoms with Gasteiger partial charge in [0.2, 0.25) is 11.8 Å². The van der Waals surface area contributed by atoms with E-state index in [1.807, 2.05) is 43.3 Å². The van der Waals surface area contributed by atoms with Gasteiger partial charge in [-0.2, -0.15) is 0 Å². The lowest BCUT2D eigenvalue weighted by Gasteiger charge is -2.19. The molecule has 0 fully saturated rings. The minimum atomic E-state index is -0.0999. The summed E-state index contributed by atoms with van der Waals surface area (Å²) in [6.45, 7) is 4.66. The molecule has 138 valence electrons. The third-order valence-electron chi connectivity index (χ3n) is 4.06. The van der Waals surface area contributed by atoms with Crippen molar-refractivity contribution in [1.82, 2.24) is 4.90 Å². The van der Waals surface area contributed by atoms with Crippen molar-refractivity contribution in [3.63, 3.8) is 0 Å². The maximum absolute atomic E-state index is 12.2. The number of carbonyl (C=O) groups is 2. The van der Waals surface area contributed by atoms with Crippen molar-refractivity contribution < 1.29 is 9.59 Å². The molecule has 0 saturated carbocycles. The Balaban J connectivity index is 1.95. The zero-order valence-corrected chi connectivity index (χ0v) is 16.4. The summed E-state index contributed by atoms with van der Waals surface area (Å²) in [4.78, 5) is 25.5. The smallest absolute Gasteiger partial charge is 0.224 e. The first-order valence-corrected chi connectivity index (χ1v) is 9.23. The number of amides is 2. The zero-order valence-electron chi connectivity index (χ0n) is 14.9. The Morgan fingerprint density at radius 1 is 1.12 bits per heavy atom. The molecule has 0 atom stereocenters. The van der Waals surface area contributed by atoms with E-state index in [0.717, 1.165) is 11.1 Å². The zero-order chi connectivity index (χ0) is 19.1. The van der Waals surface area contributed by atoms with Gasteiger partial charge in [0.15, 0.2) is 0 Å². The van der Waals surface area contributed by atoms with Crippen molar-refractivity contribution >= 4 is 40.7 Å². The number of carbonyl (C=O) groups excluding carboxylic acids is 2. The van der Waals surface area contributed by atoms with Crippen molar-refractivity contribution in [1.29, 1.82) is 0 Å². The standard InChI is InChI=1S/C20H22Cl2N2O2/c1-3-24(14(2)25)13-15-6-4-8-17(12-15)23-19(26)11-10-16-7-5-9-18(21)20(16)22/h4-9,12H,3,10-11,13H2,1-2H3,(H,23,26). The lowest BCUT2D eigenvalue weighted by Crippen LogP contribution is -2.27. The van der Waals surface area contributed by atoms with E-state index in [1.54, 1.807) is 17.9 Å². The minimum absolute atomic E-state index is 0.0281. The van der Waals surface area contributed by atoms with Crippen LogP contribution >= 0.6 is 23.2 Å². The van der Waals surface area contributed by atoms with Crippen LogP contribution in [0.3, 0.4) is 0 Å². The van der Waals surface area contributed by atoms with Crippen LogP contribution in [-0.4, -0.2) is 23.3 Å². The number of anilines is 1. The van der Waals surface area contributed by atoms with Crippen LogP contribution in [0.4, 0.5) is 5.69 Å². The van der Waals surface area contributed by atoms with Gasteiger partial charge in [0.05, 0.1) is 10.0 Å². The predicted molar refractivity (Wildman–Crippen MR) is 107 cm³/mol. The fourth-order valence-electron chi connectivity index (χ4n) is 2.63. The summed E-state index contributed by atoms with van der Waals surface area (Å²) >= 11 is 12.1. The number of aryl methyl sites for hydroxylation is 1. The van der Waals surface area contributed by atoms with Crippen molar-refractivity contribution in [3.05, 3.63) is 63.6 Å². The molecule has 2 aromatic carbocycles. The van der Waals surface area contributed by atoms with Crippen molar-refractivity contribution in [2.75, 3.05) is 11.9 Å². The maximum Gasteiger partial charge on any atom is 0.224 e. The Bertz CT molecular complexity index is 793. The van der Waals surface area contributed by atoms with Crippen LogP contribution in [0.2, 0.25) is 10.0 Å². The molecule has 1 N–H and O–H groups in total. The molecule has 2 rings (SSSR count). The predicted octanol–water partition coefficient (Wildman–Crippen LogP) is 4.93. The Labute approximate surface area is 164 Å². The topological polar surface area (TPSA) is 49.4 Å². The van der Waals surface area contributed by atoms with Crippen molar-refractivity contribution in [2.24, 2.45) is 0 Å². The Morgan fingerprint density at radius 2 is 1.85 bits per heavy atom. The van der Waals surface area contributed by atoms with Crippen LogP contribution < -0.4 is 5.32 Å². The summed E-state index contributed by atoms with van der Waals surface area (Å²) in [5.41, 5.74) is 2.53. The van der Waals surface area contributed by atoms with Crippen LogP contribution in [0.1, 0.15) is 31.4 Å². The van der Waals surface area contributed by atoms with E-state index in [9.17, 15) is 9.59 Å². The SMILES string of the molecule is CCN(Cc1cccc(NC(=O)CCc2cccc(Cl)c2Cl)c1)C(C)=O. The van der Waals surface area contributed by atoms with E-state index in [2.05, 4.69) is 5.32 Å². The third kappa shape index (κ3) is 5.75. The van der Waals surface area contributed by atoms with Crippen molar-refractivity contribution in [3.8, 4) is 0 Å². The number of benzene rings is 2. The number of nitrogens with zero attached hydrogens (tertiary/aromatic N) is 1. The van der Waals surface area contributed by atoms with Gasteiger partial charge in [-0.25, -0.2) is 0 Å². The molecular formula is C20H22Cl2N2O2.